The average Bonchev–Trinajstić information content (AvgIpc) is 3.35. The van der Waals surface area contributed by atoms with Crippen molar-refractivity contribution in [1.29, 1.82) is 0 Å². The first-order valence-electron chi connectivity index (χ1n) is 10.1. The van der Waals surface area contributed by atoms with Crippen molar-refractivity contribution in [3.63, 3.8) is 0 Å². The largest absolute Gasteiger partial charge is 0.433 e. The second-order valence-electron chi connectivity index (χ2n) is 7.56. The zero-order valence-electron chi connectivity index (χ0n) is 18.1. The Morgan fingerprint density at radius 3 is 2.45 bits per heavy atom. The molecule has 0 spiro atoms. The maximum absolute atomic E-state index is 13.8. The molecule has 0 saturated heterocycles. The van der Waals surface area contributed by atoms with Crippen LogP contribution in [0.3, 0.4) is 0 Å². The number of amides is 1. The van der Waals surface area contributed by atoms with Crippen molar-refractivity contribution in [3.8, 4) is 11.3 Å². The smallest absolute Gasteiger partial charge is 0.336 e. The molecular weight excluding hydrogens is 440 g/mol. The molecule has 3 heterocycles. The van der Waals surface area contributed by atoms with Gasteiger partial charge >= 0.3 is 6.18 Å². The molecule has 172 valence electrons. The minimum Gasteiger partial charge on any atom is -0.336 e. The molecule has 0 aliphatic carbocycles. The number of hydrogen-bond acceptors (Lipinski definition) is 4. The van der Waals surface area contributed by atoms with E-state index < -0.39 is 23.6 Å². The highest BCUT2D eigenvalue weighted by atomic mass is 19.4. The van der Waals surface area contributed by atoms with Gasteiger partial charge in [-0.05, 0) is 44.2 Å². The van der Waals surface area contributed by atoms with Crippen LogP contribution in [0.1, 0.15) is 34.4 Å². The average molecular weight is 460 g/mol. The van der Waals surface area contributed by atoms with E-state index in [9.17, 15) is 22.4 Å². The molecule has 11 heteroatoms. The number of carbonyl (C=O) groups is 1. The van der Waals surface area contributed by atoms with Crippen LogP contribution in [0.4, 0.5) is 17.6 Å². The molecular formula is C22H20F4N6O. The molecule has 3 aromatic heterocycles. The highest BCUT2D eigenvalue weighted by Gasteiger charge is 2.36. The molecule has 4 aromatic rings. The Morgan fingerprint density at radius 1 is 1.15 bits per heavy atom. The summed E-state index contributed by atoms with van der Waals surface area (Å²) in [6.45, 7) is 4.73. The van der Waals surface area contributed by atoms with Gasteiger partial charge in [-0.25, -0.2) is 13.9 Å². The van der Waals surface area contributed by atoms with E-state index in [0.717, 1.165) is 29.5 Å². The van der Waals surface area contributed by atoms with Gasteiger partial charge in [-0.1, -0.05) is 0 Å². The third kappa shape index (κ3) is 4.30. The molecule has 0 bridgehead atoms. The molecule has 0 atom stereocenters. The summed E-state index contributed by atoms with van der Waals surface area (Å²) in [6, 6.07) is 6.98. The number of aryl methyl sites for hydroxylation is 1. The Morgan fingerprint density at radius 2 is 1.85 bits per heavy atom. The molecule has 0 aliphatic heterocycles. The van der Waals surface area contributed by atoms with E-state index in [-0.39, 0.29) is 23.6 Å². The van der Waals surface area contributed by atoms with Crippen molar-refractivity contribution >= 4 is 11.6 Å². The van der Waals surface area contributed by atoms with Crippen molar-refractivity contribution in [2.24, 2.45) is 0 Å². The lowest BCUT2D eigenvalue weighted by Crippen LogP contribution is -2.27. The van der Waals surface area contributed by atoms with E-state index in [1.807, 2.05) is 13.8 Å². The molecule has 1 amide bonds. The third-order valence-corrected chi connectivity index (χ3v) is 5.34. The van der Waals surface area contributed by atoms with Gasteiger partial charge in [-0.15, -0.1) is 0 Å². The van der Waals surface area contributed by atoms with Crippen LogP contribution in [-0.2, 0) is 19.3 Å². The molecule has 33 heavy (non-hydrogen) atoms. The van der Waals surface area contributed by atoms with E-state index >= 15 is 0 Å². The van der Waals surface area contributed by atoms with Crippen LogP contribution in [0.15, 0.2) is 42.6 Å². The van der Waals surface area contributed by atoms with Gasteiger partial charge in [0.2, 0.25) is 0 Å². The Labute approximate surface area is 186 Å². The van der Waals surface area contributed by atoms with Crippen LogP contribution in [-0.4, -0.2) is 42.2 Å². The Kier molecular flexibility index (Phi) is 5.64. The van der Waals surface area contributed by atoms with E-state index in [0.29, 0.717) is 16.6 Å². The second-order valence-corrected chi connectivity index (χ2v) is 7.56. The lowest BCUT2D eigenvalue weighted by Gasteiger charge is -2.15. The highest BCUT2D eigenvalue weighted by molar-refractivity contribution is 5.93. The minimum absolute atomic E-state index is 0.00955. The first-order valence-corrected chi connectivity index (χ1v) is 10.1. The van der Waals surface area contributed by atoms with Crippen LogP contribution in [0.25, 0.3) is 16.9 Å². The van der Waals surface area contributed by atoms with Gasteiger partial charge in [0.25, 0.3) is 5.91 Å². The van der Waals surface area contributed by atoms with Crippen LogP contribution in [0.2, 0.25) is 0 Å². The number of alkyl halides is 3. The topological polar surface area (TPSA) is 68.3 Å². The van der Waals surface area contributed by atoms with Gasteiger partial charge in [-0.3, -0.25) is 9.48 Å². The zero-order chi connectivity index (χ0) is 23.9. The van der Waals surface area contributed by atoms with E-state index in [1.165, 1.54) is 30.1 Å². The number of fused-ring (bicyclic) bond motifs is 1. The summed E-state index contributed by atoms with van der Waals surface area (Å²) < 4.78 is 56.9. The summed E-state index contributed by atoms with van der Waals surface area (Å²) in [6.07, 6.45) is -3.09. The van der Waals surface area contributed by atoms with Gasteiger partial charge < -0.3 is 4.90 Å². The summed E-state index contributed by atoms with van der Waals surface area (Å²) in [5, 5.41) is 8.13. The van der Waals surface area contributed by atoms with Crippen LogP contribution >= 0.6 is 0 Å². The molecule has 1 aromatic carbocycles. The predicted octanol–water partition coefficient (Wildman–Crippen LogP) is 4.35. The predicted molar refractivity (Wildman–Crippen MR) is 112 cm³/mol. The Balaban J connectivity index is 1.72. The summed E-state index contributed by atoms with van der Waals surface area (Å²) in [5.41, 5.74) is 0.613. The van der Waals surface area contributed by atoms with Gasteiger partial charge in [0.05, 0.1) is 11.9 Å². The summed E-state index contributed by atoms with van der Waals surface area (Å²) in [4.78, 5) is 18.5. The van der Waals surface area contributed by atoms with Gasteiger partial charge in [0, 0.05) is 43.0 Å². The minimum atomic E-state index is -4.75. The quantitative estimate of drug-likeness (QED) is 0.416. The van der Waals surface area contributed by atoms with Crippen molar-refractivity contribution < 1.29 is 22.4 Å². The summed E-state index contributed by atoms with van der Waals surface area (Å²) in [7, 11) is 1.54. The summed E-state index contributed by atoms with van der Waals surface area (Å²) in [5.74, 6) is -1.07. The van der Waals surface area contributed by atoms with Crippen LogP contribution < -0.4 is 0 Å². The molecule has 0 fully saturated rings. The fourth-order valence-electron chi connectivity index (χ4n) is 3.53. The lowest BCUT2D eigenvalue weighted by molar-refractivity contribution is -0.142. The maximum Gasteiger partial charge on any atom is 0.433 e. The lowest BCUT2D eigenvalue weighted by atomic mass is 10.1. The number of nitrogens with zero attached hydrogens (tertiary/aromatic N) is 6. The van der Waals surface area contributed by atoms with Crippen molar-refractivity contribution in [2.75, 3.05) is 7.05 Å². The van der Waals surface area contributed by atoms with E-state index in [1.54, 1.807) is 10.9 Å². The molecule has 0 N–H and O–H groups in total. The van der Waals surface area contributed by atoms with Gasteiger partial charge in [0.15, 0.2) is 17.0 Å². The molecule has 0 saturated carbocycles. The first kappa shape index (κ1) is 22.4. The number of benzene rings is 1. The number of halogens is 4. The van der Waals surface area contributed by atoms with Crippen LogP contribution in [0.5, 0.6) is 0 Å². The Bertz CT molecular complexity index is 1320. The van der Waals surface area contributed by atoms with Gasteiger partial charge in [0.1, 0.15) is 5.82 Å². The van der Waals surface area contributed by atoms with Crippen molar-refractivity contribution in [1.82, 2.24) is 29.3 Å². The Hall–Kier alpha value is -3.76. The molecule has 0 aliphatic rings. The highest BCUT2D eigenvalue weighted by Crippen LogP contribution is 2.32. The van der Waals surface area contributed by atoms with Gasteiger partial charge in [-0.2, -0.15) is 23.4 Å². The first-order chi connectivity index (χ1) is 15.6. The van der Waals surface area contributed by atoms with Crippen molar-refractivity contribution in [2.45, 2.75) is 33.1 Å². The summed E-state index contributed by atoms with van der Waals surface area (Å²) >= 11 is 0. The SMILES string of the molecule is CCn1ncc(CN(C)C(=O)c2cc3nc(-c4ccc(F)cc4)cc(C(F)(F)F)n3n2)c1C. The number of rotatable bonds is 5. The number of carbonyl (C=O) groups excluding carboxylic acids is 1. The number of hydrogen-bond donors (Lipinski definition) is 0. The molecule has 0 radical (unpaired) electrons. The molecule has 7 nitrogen and oxygen atoms in total. The monoisotopic (exact) mass is 460 g/mol. The van der Waals surface area contributed by atoms with Crippen molar-refractivity contribution in [3.05, 3.63) is 71.1 Å². The second kappa shape index (κ2) is 8.30. The third-order valence-electron chi connectivity index (χ3n) is 5.34. The standard InChI is InChI=1S/C22H20F4N6O/c1-4-31-13(2)15(11-27-31)12-30(3)21(33)18-10-20-28-17(14-5-7-16(23)8-6-14)9-19(22(24,25)26)32(20)29-18/h5-11H,4,12H2,1-3H3. The normalized spacial score (nSPS) is 11.8. The molecule has 4 rings (SSSR count). The van der Waals surface area contributed by atoms with Crippen LogP contribution in [0, 0.1) is 12.7 Å². The van der Waals surface area contributed by atoms with E-state index in [4.69, 9.17) is 0 Å². The van der Waals surface area contributed by atoms with E-state index in [2.05, 4.69) is 15.2 Å². The zero-order valence-corrected chi connectivity index (χ0v) is 18.1. The number of aromatic nitrogens is 5. The molecule has 0 unspecified atom stereocenters. The fraction of sp³-hybridized carbons (Fsp3) is 0.273. The maximum atomic E-state index is 13.8. The fourth-order valence-corrected chi connectivity index (χ4v) is 3.53.